The van der Waals surface area contributed by atoms with Gasteiger partial charge in [0, 0.05) is 22.4 Å². The zero-order valence-electron chi connectivity index (χ0n) is 12.1. The molecule has 0 aliphatic heterocycles. The maximum absolute atomic E-state index is 12.7. The molecule has 0 aliphatic carbocycles. The minimum atomic E-state index is -1.03. The van der Waals surface area contributed by atoms with Crippen LogP contribution in [0.25, 0.3) is 20.7 Å². The molecule has 114 valence electrons. The van der Waals surface area contributed by atoms with Crippen LogP contribution in [-0.4, -0.2) is 20.6 Å². The van der Waals surface area contributed by atoms with Gasteiger partial charge in [-0.25, -0.2) is 4.98 Å². The van der Waals surface area contributed by atoms with Gasteiger partial charge in [-0.1, -0.05) is 6.07 Å². The molecule has 3 rings (SSSR count). The van der Waals surface area contributed by atoms with Crippen LogP contribution in [0.1, 0.15) is 13.8 Å². The molecule has 22 heavy (non-hydrogen) atoms. The summed E-state index contributed by atoms with van der Waals surface area (Å²) >= 11 is 2.99. The fourth-order valence-electron chi connectivity index (χ4n) is 2.19. The summed E-state index contributed by atoms with van der Waals surface area (Å²) in [5.41, 5.74) is -0.350. The molecular formula is C15H14N2O3S2. The second-order valence-electron chi connectivity index (χ2n) is 5.67. The molecule has 0 aromatic carbocycles. The number of hydrogen-bond acceptors (Lipinski definition) is 5. The van der Waals surface area contributed by atoms with Crippen molar-refractivity contribution in [1.82, 2.24) is 9.55 Å². The number of aromatic nitrogens is 2. The predicted molar refractivity (Wildman–Crippen MR) is 88.6 cm³/mol. The molecule has 3 aromatic rings. The van der Waals surface area contributed by atoms with E-state index in [-0.39, 0.29) is 12.1 Å². The van der Waals surface area contributed by atoms with Crippen molar-refractivity contribution in [2.75, 3.05) is 0 Å². The monoisotopic (exact) mass is 334 g/mol. The second kappa shape index (κ2) is 5.33. The number of thiophene rings is 2. The van der Waals surface area contributed by atoms with Crippen molar-refractivity contribution in [3.63, 3.8) is 0 Å². The fourth-order valence-corrected chi connectivity index (χ4v) is 3.91. The lowest BCUT2D eigenvalue weighted by Gasteiger charge is -2.19. The summed E-state index contributed by atoms with van der Waals surface area (Å²) in [7, 11) is 0. The Hall–Kier alpha value is -1.99. The second-order valence-corrected chi connectivity index (χ2v) is 7.48. The van der Waals surface area contributed by atoms with Crippen molar-refractivity contribution in [3.8, 4) is 10.4 Å². The molecule has 0 aliphatic rings. The molecule has 3 aromatic heterocycles. The lowest BCUT2D eigenvalue weighted by molar-refractivity contribution is -0.147. The minimum Gasteiger partial charge on any atom is -0.481 e. The Morgan fingerprint density at radius 2 is 2.18 bits per heavy atom. The molecule has 0 saturated carbocycles. The zero-order valence-corrected chi connectivity index (χ0v) is 13.7. The highest BCUT2D eigenvalue weighted by molar-refractivity contribution is 7.18. The molecule has 0 bridgehead atoms. The number of hydrogen-bond donors (Lipinski definition) is 1. The van der Waals surface area contributed by atoms with Crippen molar-refractivity contribution in [1.29, 1.82) is 0 Å². The van der Waals surface area contributed by atoms with Crippen molar-refractivity contribution in [2.24, 2.45) is 5.41 Å². The van der Waals surface area contributed by atoms with Gasteiger partial charge in [-0.2, -0.15) is 0 Å². The van der Waals surface area contributed by atoms with E-state index in [4.69, 9.17) is 0 Å². The third-order valence-electron chi connectivity index (χ3n) is 3.49. The van der Waals surface area contributed by atoms with Gasteiger partial charge in [0.05, 0.1) is 17.1 Å². The van der Waals surface area contributed by atoms with Crippen molar-refractivity contribution in [2.45, 2.75) is 20.4 Å². The number of fused-ring (bicyclic) bond motifs is 1. The summed E-state index contributed by atoms with van der Waals surface area (Å²) in [6.45, 7) is 3.28. The minimum absolute atomic E-state index is 0.0871. The van der Waals surface area contributed by atoms with E-state index in [1.54, 1.807) is 25.2 Å². The molecule has 0 spiro atoms. The standard InChI is InChI=1S/C15H14N2O3S2/c1-15(2,14(19)20)7-17-8-16-12-11(13(17)18)9(6-22-12)10-4-3-5-21-10/h3-6,8H,7H2,1-2H3,(H,19,20). The largest absolute Gasteiger partial charge is 0.481 e. The molecule has 0 unspecified atom stereocenters. The Labute approximate surface area is 134 Å². The van der Waals surface area contributed by atoms with Gasteiger partial charge in [0.2, 0.25) is 0 Å². The first-order valence-corrected chi connectivity index (χ1v) is 8.40. The van der Waals surface area contributed by atoms with E-state index in [1.807, 2.05) is 22.9 Å². The van der Waals surface area contributed by atoms with Gasteiger partial charge in [-0.05, 0) is 25.3 Å². The molecule has 0 amide bonds. The SMILES string of the molecule is CC(C)(Cn1cnc2scc(-c3cccs3)c2c1=O)C(=O)O. The first kappa shape index (κ1) is 14.9. The summed E-state index contributed by atoms with van der Waals surface area (Å²) in [6.07, 6.45) is 1.43. The first-order chi connectivity index (χ1) is 10.4. The summed E-state index contributed by atoms with van der Waals surface area (Å²) in [6, 6.07) is 3.90. The van der Waals surface area contributed by atoms with Gasteiger partial charge in [0.25, 0.3) is 5.56 Å². The van der Waals surface area contributed by atoms with Gasteiger partial charge in [0.1, 0.15) is 4.83 Å². The fraction of sp³-hybridized carbons (Fsp3) is 0.267. The summed E-state index contributed by atoms with van der Waals surface area (Å²) in [5.74, 6) is -0.941. The predicted octanol–water partition coefficient (Wildman–Crippen LogP) is 3.30. The molecular weight excluding hydrogens is 320 g/mol. The Bertz CT molecular complexity index is 891. The van der Waals surface area contributed by atoms with E-state index in [1.165, 1.54) is 22.2 Å². The highest BCUT2D eigenvalue weighted by Gasteiger charge is 2.28. The van der Waals surface area contributed by atoms with Crippen LogP contribution in [0.4, 0.5) is 0 Å². The number of carbonyl (C=O) groups is 1. The van der Waals surface area contributed by atoms with Crippen molar-refractivity contribution < 1.29 is 9.90 Å². The third kappa shape index (κ3) is 2.46. The molecule has 0 atom stereocenters. The van der Waals surface area contributed by atoms with E-state index < -0.39 is 11.4 Å². The Morgan fingerprint density at radius 3 is 2.82 bits per heavy atom. The van der Waals surface area contributed by atoms with Crippen LogP contribution in [0, 0.1) is 5.41 Å². The third-order valence-corrected chi connectivity index (χ3v) is 5.28. The molecule has 1 N–H and O–H groups in total. The quantitative estimate of drug-likeness (QED) is 0.794. The van der Waals surface area contributed by atoms with E-state index >= 15 is 0 Å². The molecule has 0 fully saturated rings. The van der Waals surface area contributed by atoms with Crippen molar-refractivity contribution >= 4 is 38.9 Å². The highest BCUT2D eigenvalue weighted by Crippen LogP contribution is 2.33. The Balaban J connectivity index is 2.15. The molecule has 5 nitrogen and oxygen atoms in total. The van der Waals surface area contributed by atoms with Crippen LogP contribution in [0.5, 0.6) is 0 Å². The van der Waals surface area contributed by atoms with E-state index in [0.717, 1.165) is 10.4 Å². The molecule has 7 heteroatoms. The zero-order chi connectivity index (χ0) is 15.9. The lowest BCUT2D eigenvalue weighted by atomic mass is 9.94. The van der Waals surface area contributed by atoms with Crippen LogP contribution < -0.4 is 5.56 Å². The van der Waals surface area contributed by atoms with Crippen LogP contribution >= 0.6 is 22.7 Å². The maximum Gasteiger partial charge on any atom is 0.310 e. The van der Waals surface area contributed by atoms with Crippen LogP contribution in [0.3, 0.4) is 0 Å². The average Bonchev–Trinajstić information content (AvgIpc) is 3.10. The lowest BCUT2D eigenvalue weighted by Crippen LogP contribution is -2.34. The maximum atomic E-state index is 12.7. The number of aliphatic carboxylic acids is 1. The Kier molecular flexibility index (Phi) is 3.62. The Morgan fingerprint density at radius 1 is 1.41 bits per heavy atom. The van der Waals surface area contributed by atoms with E-state index in [2.05, 4.69) is 4.98 Å². The molecule has 0 radical (unpaired) electrons. The number of carboxylic acids is 1. The topological polar surface area (TPSA) is 72.2 Å². The summed E-state index contributed by atoms with van der Waals surface area (Å²) < 4.78 is 1.39. The normalized spacial score (nSPS) is 11.9. The number of rotatable bonds is 4. The van der Waals surface area contributed by atoms with Gasteiger partial charge in [-0.15, -0.1) is 22.7 Å². The van der Waals surface area contributed by atoms with Crippen LogP contribution in [-0.2, 0) is 11.3 Å². The van der Waals surface area contributed by atoms with Gasteiger partial charge < -0.3 is 5.11 Å². The van der Waals surface area contributed by atoms with Gasteiger partial charge >= 0.3 is 5.97 Å². The highest BCUT2D eigenvalue weighted by atomic mass is 32.1. The van der Waals surface area contributed by atoms with Gasteiger partial charge in [-0.3, -0.25) is 14.2 Å². The smallest absolute Gasteiger partial charge is 0.310 e. The average molecular weight is 334 g/mol. The van der Waals surface area contributed by atoms with Gasteiger partial charge in [0.15, 0.2) is 0 Å². The van der Waals surface area contributed by atoms with E-state index in [9.17, 15) is 14.7 Å². The number of nitrogens with zero attached hydrogens (tertiary/aromatic N) is 2. The van der Waals surface area contributed by atoms with E-state index in [0.29, 0.717) is 10.2 Å². The molecule has 0 saturated heterocycles. The molecule has 3 heterocycles. The first-order valence-electron chi connectivity index (χ1n) is 6.64. The van der Waals surface area contributed by atoms with Crippen molar-refractivity contribution in [3.05, 3.63) is 39.6 Å². The number of carboxylic acid groups (broad SMARTS) is 1. The van der Waals surface area contributed by atoms with Crippen LogP contribution in [0.15, 0.2) is 34.0 Å². The summed E-state index contributed by atoms with van der Waals surface area (Å²) in [5, 5.41) is 13.7. The van der Waals surface area contributed by atoms with Crippen LogP contribution in [0.2, 0.25) is 0 Å². The summed E-state index contributed by atoms with van der Waals surface area (Å²) in [4.78, 5) is 30.0.